The molecule has 0 aliphatic carbocycles. The number of fused-ring (bicyclic) bond motifs is 1. The van der Waals surface area contributed by atoms with E-state index in [1.54, 1.807) is 6.20 Å². The summed E-state index contributed by atoms with van der Waals surface area (Å²) >= 11 is 0. The largest absolute Gasteiger partial charge is 0.398 e. The van der Waals surface area contributed by atoms with Gasteiger partial charge in [-0.3, -0.25) is 4.98 Å². The van der Waals surface area contributed by atoms with Crippen molar-refractivity contribution in [1.29, 1.82) is 0 Å². The van der Waals surface area contributed by atoms with Gasteiger partial charge in [0, 0.05) is 29.9 Å². The Hall–Kier alpha value is -1.84. The van der Waals surface area contributed by atoms with Crippen LogP contribution in [-0.4, -0.2) is 17.6 Å². The standard InChI is InChI=1S/C16H20FN3/c1-10-5-4-8-20(11(10)2)16-13(17)9-14(18)12-6-3-7-19-15(12)16/h3,6-7,9-11H,4-5,8,18H2,1-2H3. The van der Waals surface area contributed by atoms with Crippen LogP contribution in [0.15, 0.2) is 24.4 Å². The van der Waals surface area contributed by atoms with Crippen molar-refractivity contribution in [3.63, 3.8) is 0 Å². The summed E-state index contributed by atoms with van der Waals surface area (Å²) in [4.78, 5) is 6.53. The lowest BCUT2D eigenvalue weighted by atomic mass is 9.91. The molecule has 1 aromatic heterocycles. The van der Waals surface area contributed by atoms with E-state index in [1.807, 2.05) is 12.1 Å². The molecule has 0 spiro atoms. The van der Waals surface area contributed by atoms with E-state index in [0.717, 1.165) is 18.4 Å². The molecule has 3 rings (SSSR count). The summed E-state index contributed by atoms with van der Waals surface area (Å²) in [6.45, 7) is 5.26. The smallest absolute Gasteiger partial charge is 0.150 e. The first kappa shape index (κ1) is 13.2. The van der Waals surface area contributed by atoms with Crippen molar-refractivity contribution in [3.05, 3.63) is 30.2 Å². The van der Waals surface area contributed by atoms with Crippen molar-refractivity contribution in [2.45, 2.75) is 32.7 Å². The van der Waals surface area contributed by atoms with Crippen molar-refractivity contribution in [1.82, 2.24) is 4.98 Å². The molecule has 3 nitrogen and oxygen atoms in total. The van der Waals surface area contributed by atoms with E-state index in [-0.39, 0.29) is 5.82 Å². The average Bonchev–Trinajstić information content (AvgIpc) is 2.43. The zero-order valence-corrected chi connectivity index (χ0v) is 11.9. The minimum atomic E-state index is -0.269. The van der Waals surface area contributed by atoms with Gasteiger partial charge in [-0.2, -0.15) is 0 Å². The summed E-state index contributed by atoms with van der Waals surface area (Å²) in [5.74, 6) is 0.286. The molecule has 1 aliphatic rings. The number of nitrogens with zero attached hydrogens (tertiary/aromatic N) is 2. The van der Waals surface area contributed by atoms with Crippen molar-refractivity contribution in [2.24, 2.45) is 5.92 Å². The van der Waals surface area contributed by atoms with Crippen LogP contribution in [0.25, 0.3) is 10.9 Å². The van der Waals surface area contributed by atoms with Crippen LogP contribution >= 0.6 is 0 Å². The first-order valence-corrected chi connectivity index (χ1v) is 7.19. The Labute approximate surface area is 118 Å². The molecule has 2 aromatic rings. The van der Waals surface area contributed by atoms with Gasteiger partial charge < -0.3 is 10.6 Å². The molecule has 20 heavy (non-hydrogen) atoms. The van der Waals surface area contributed by atoms with E-state index in [4.69, 9.17) is 5.73 Å². The minimum Gasteiger partial charge on any atom is -0.398 e. The fraction of sp³-hybridized carbons (Fsp3) is 0.438. The first-order chi connectivity index (χ1) is 9.59. The highest BCUT2D eigenvalue weighted by Gasteiger charge is 2.28. The Bertz CT molecular complexity index is 641. The second-order valence-electron chi connectivity index (χ2n) is 5.75. The lowest BCUT2D eigenvalue weighted by molar-refractivity contribution is 0.361. The summed E-state index contributed by atoms with van der Waals surface area (Å²) in [7, 11) is 0. The topological polar surface area (TPSA) is 42.1 Å². The Morgan fingerprint density at radius 2 is 2.20 bits per heavy atom. The highest BCUT2D eigenvalue weighted by Crippen LogP contribution is 2.36. The number of nitrogen functional groups attached to an aromatic ring is 1. The molecule has 0 radical (unpaired) electrons. The number of halogens is 1. The number of pyridine rings is 1. The van der Waals surface area contributed by atoms with Gasteiger partial charge in [-0.1, -0.05) is 6.92 Å². The van der Waals surface area contributed by atoms with Gasteiger partial charge >= 0.3 is 0 Å². The Morgan fingerprint density at radius 3 is 3.00 bits per heavy atom. The number of hydrogen-bond acceptors (Lipinski definition) is 3. The molecule has 1 aliphatic heterocycles. The number of anilines is 2. The normalized spacial score (nSPS) is 23.2. The molecule has 106 valence electrons. The third-order valence-corrected chi connectivity index (χ3v) is 4.51. The molecular weight excluding hydrogens is 253 g/mol. The van der Waals surface area contributed by atoms with E-state index in [9.17, 15) is 4.39 Å². The second kappa shape index (κ2) is 4.93. The van der Waals surface area contributed by atoms with Crippen LogP contribution in [0.5, 0.6) is 0 Å². The SMILES string of the molecule is CC1CCCN(c2c(F)cc(N)c3cccnc23)C1C. The van der Waals surface area contributed by atoms with Gasteiger partial charge in [0.25, 0.3) is 0 Å². The molecule has 1 aromatic carbocycles. The van der Waals surface area contributed by atoms with Crippen molar-refractivity contribution < 1.29 is 4.39 Å². The van der Waals surface area contributed by atoms with Crippen molar-refractivity contribution in [3.8, 4) is 0 Å². The van der Waals surface area contributed by atoms with Crippen molar-refractivity contribution in [2.75, 3.05) is 17.2 Å². The molecule has 0 saturated carbocycles. The average molecular weight is 273 g/mol. The summed E-state index contributed by atoms with van der Waals surface area (Å²) in [6.07, 6.45) is 3.98. The predicted molar refractivity (Wildman–Crippen MR) is 81.3 cm³/mol. The molecule has 2 atom stereocenters. The number of piperidine rings is 1. The van der Waals surface area contributed by atoms with Crippen LogP contribution in [0.4, 0.5) is 15.8 Å². The minimum absolute atomic E-state index is 0.269. The molecule has 4 heteroatoms. The van der Waals surface area contributed by atoms with Crippen molar-refractivity contribution >= 4 is 22.3 Å². The van der Waals surface area contributed by atoms with Crippen LogP contribution in [-0.2, 0) is 0 Å². The molecule has 2 heterocycles. The van der Waals surface area contributed by atoms with E-state index < -0.39 is 0 Å². The number of rotatable bonds is 1. The van der Waals surface area contributed by atoms with Gasteiger partial charge in [-0.25, -0.2) is 4.39 Å². The van der Waals surface area contributed by atoms with E-state index in [2.05, 4.69) is 23.7 Å². The van der Waals surface area contributed by atoms with E-state index in [0.29, 0.717) is 28.9 Å². The number of aromatic nitrogens is 1. The maximum Gasteiger partial charge on any atom is 0.150 e. The predicted octanol–water partition coefficient (Wildman–Crippen LogP) is 3.58. The van der Waals surface area contributed by atoms with Gasteiger partial charge in [0.05, 0.1) is 5.52 Å². The maximum absolute atomic E-state index is 14.5. The monoisotopic (exact) mass is 273 g/mol. The van der Waals surface area contributed by atoms with Gasteiger partial charge in [-0.15, -0.1) is 0 Å². The summed E-state index contributed by atoms with van der Waals surface area (Å²) in [5, 5.41) is 0.828. The second-order valence-corrected chi connectivity index (χ2v) is 5.75. The third-order valence-electron chi connectivity index (χ3n) is 4.51. The van der Waals surface area contributed by atoms with Crippen LogP contribution in [0.3, 0.4) is 0 Å². The van der Waals surface area contributed by atoms with Crippen LogP contribution in [0, 0.1) is 11.7 Å². The molecule has 2 unspecified atom stereocenters. The lowest BCUT2D eigenvalue weighted by Crippen LogP contribution is -2.43. The Morgan fingerprint density at radius 1 is 1.40 bits per heavy atom. The Balaban J connectivity index is 2.20. The van der Waals surface area contributed by atoms with E-state index >= 15 is 0 Å². The quantitative estimate of drug-likeness (QED) is 0.807. The molecular formula is C16H20FN3. The van der Waals surface area contributed by atoms with Crippen LogP contribution in [0.2, 0.25) is 0 Å². The summed E-state index contributed by atoms with van der Waals surface area (Å²) in [5.41, 5.74) is 7.65. The number of nitrogens with two attached hydrogens (primary N) is 1. The lowest BCUT2D eigenvalue weighted by Gasteiger charge is -2.40. The Kier molecular flexibility index (Phi) is 3.24. The highest BCUT2D eigenvalue weighted by molar-refractivity contribution is 5.99. The molecule has 0 bridgehead atoms. The van der Waals surface area contributed by atoms with Gasteiger partial charge in [0.1, 0.15) is 5.69 Å². The van der Waals surface area contributed by atoms with Gasteiger partial charge in [-0.05, 0) is 43.9 Å². The van der Waals surface area contributed by atoms with Gasteiger partial charge in [0.2, 0.25) is 0 Å². The van der Waals surface area contributed by atoms with Gasteiger partial charge in [0.15, 0.2) is 5.82 Å². The first-order valence-electron chi connectivity index (χ1n) is 7.19. The maximum atomic E-state index is 14.5. The summed E-state index contributed by atoms with van der Waals surface area (Å²) < 4.78 is 14.5. The van der Waals surface area contributed by atoms with Crippen LogP contribution in [0.1, 0.15) is 26.7 Å². The molecule has 0 amide bonds. The fourth-order valence-electron chi connectivity index (χ4n) is 3.15. The molecule has 1 saturated heterocycles. The highest BCUT2D eigenvalue weighted by atomic mass is 19.1. The van der Waals surface area contributed by atoms with E-state index in [1.165, 1.54) is 12.5 Å². The molecule has 2 N–H and O–H groups in total. The number of benzene rings is 1. The summed E-state index contributed by atoms with van der Waals surface area (Å²) in [6, 6.07) is 5.47. The zero-order chi connectivity index (χ0) is 14.3. The fourth-order valence-corrected chi connectivity index (χ4v) is 3.15. The third kappa shape index (κ3) is 1.99. The number of hydrogen-bond donors (Lipinski definition) is 1. The molecule has 1 fully saturated rings. The van der Waals surface area contributed by atoms with Crippen LogP contribution < -0.4 is 10.6 Å². The zero-order valence-electron chi connectivity index (χ0n) is 11.9.